The molecule has 6 nitrogen and oxygen atoms in total. The number of aliphatic hydroxyl groups excluding tert-OH is 1. The molecule has 0 aliphatic carbocycles. The number of carbonyl (C=O) groups is 2. The smallest absolute Gasteiger partial charge is 0.301 e. The van der Waals surface area contributed by atoms with Crippen molar-refractivity contribution < 1.29 is 19.1 Å². The molecule has 0 saturated carbocycles. The number of nitrogens with zero attached hydrogens (tertiary/aromatic N) is 3. The molecule has 1 aliphatic rings. The summed E-state index contributed by atoms with van der Waals surface area (Å²) in [7, 11) is 0. The van der Waals surface area contributed by atoms with Crippen molar-refractivity contribution in [3.8, 4) is 0 Å². The zero-order valence-electron chi connectivity index (χ0n) is 13.7. The van der Waals surface area contributed by atoms with E-state index in [-0.39, 0.29) is 16.5 Å². The van der Waals surface area contributed by atoms with E-state index in [1.54, 1.807) is 30.3 Å². The van der Waals surface area contributed by atoms with Gasteiger partial charge in [-0.1, -0.05) is 53.8 Å². The van der Waals surface area contributed by atoms with Crippen molar-refractivity contribution in [2.75, 3.05) is 4.90 Å². The van der Waals surface area contributed by atoms with Crippen LogP contribution in [0.4, 0.5) is 9.52 Å². The Balaban J connectivity index is 1.94. The number of anilines is 1. The Morgan fingerprint density at radius 2 is 1.78 bits per heavy atom. The third-order valence-electron chi connectivity index (χ3n) is 4.23. The second-order valence-corrected chi connectivity index (χ2v) is 6.62. The molecule has 1 saturated heterocycles. The third-order valence-corrected chi connectivity index (χ3v) is 4.92. The van der Waals surface area contributed by atoms with E-state index in [0.29, 0.717) is 11.1 Å². The molecular formula is C19H12FN3O3S. The lowest BCUT2D eigenvalue weighted by atomic mass is 9.95. The van der Waals surface area contributed by atoms with Crippen LogP contribution in [0.2, 0.25) is 0 Å². The van der Waals surface area contributed by atoms with Crippen LogP contribution in [-0.4, -0.2) is 27.0 Å². The minimum atomic E-state index is -0.932. The first-order valence-electron chi connectivity index (χ1n) is 7.96. The minimum Gasteiger partial charge on any atom is -0.507 e. The fourth-order valence-corrected chi connectivity index (χ4v) is 3.60. The van der Waals surface area contributed by atoms with Crippen LogP contribution in [0.15, 0.2) is 65.7 Å². The molecule has 3 aromatic rings. The van der Waals surface area contributed by atoms with Crippen LogP contribution in [-0.2, 0) is 9.59 Å². The van der Waals surface area contributed by atoms with E-state index in [4.69, 9.17) is 0 Å². The number of Topliss-reactive ketones (excluding diaryl/α,β-unsaturated/α-hetero) is 1. The van der Waals surface area contributed by atoms with Gasteiger partial charge in [-0.3, -0.25) is 14.5 Å². The summed E-state index contributed by atoms with van der Waals surface area (Å²) in [5.41, 5.74) is 2.24. The topological polar surface area (TPSA) is 83.4 Å². The van der Waals surface area contributed by atoms with Gasteiger partial charge in [0.05, 0.1) is 11.6 Å². The molecule has 0 bridgehead atoms. The van der Waals surface area contributed by atoms with E-state index in [9.17, 15) is 19.1 Å². The lowest BCUT2D eigenvalue weighted by Crippen LogP contribution is -2.29. The van der Waals surface area contributed by atoms with Crippen LogP contribution in [0.25, 0.3) is 5.76 Å². The van der Waals surface area contributed by atoms with Crippen molar-refractivity contribution in [2.45, 2.75) is 6.04 Å². The molecule has 2 aromatic carbocycles. The van der Waals surface area contributed by atoms with Crippen molar-refractivity contribution in [3.63, 3.8) is 0 Å². The van der Waals surface area contributed by atoms with Gasteiger partial charge in [0.15, 0.2) is 0 Å². The largest absolute Gasteiger partial charge is 0.507 e. The Labute approximate surface area is 157 Å². The van der Waals surface area contributed by atoms with Gasteiger partial charge in [-0.2, -0.15) is 0 Å². The number of rotatable bonds is 3. The Morgan fingerprint density at radius 1 is 1.07 bits per heavy atom. The van der Waals surface area contributed by atoms with Crippen LogP contribution in [0, 0.1) is 5.82 Å². The van der Waals surface area contributed by atoms with E-state index < -0.39 is 23.5 Å². The summed E-state index contributed by atoms with van der Waals surface area (Å²) in [5.74, 6) is -2.40. The molecular weight excluding hydrogens is 369 g/mol. The van der Waals surface area contributed by atoms with Crippen molar-refractivity contribution in [3.05, 3.63) is 82.6 Å². The number of carbonyl (C=O) groups excluding carboxylic acids is 2. The Hall–Kier alpha value is -3.39. The second-order valence-electron chi connectivity index (χ2n) is 5.81. The maximum atomic E-state index is 13.4. The minimum absolute atomic E-state index is 0.0759. The van der Waals surface area contributed by atoms with Crippen LogP contribution in [0.3, 0.4) is 0 Å². The molecule has 0 spiro atoms. The molecule has 0 radical (unpaired) electrons. The Kier molecular flexibility index (Phi) is 4.25. The number of aromatic nitrogens is 2. The van der Waals surface area contributed by atoms with Gasteiger partial charge >= 0.3 is 5.91 Å². The van der Waals surface area contributed by atoms with Crippen LogP contribution < -0.4 is 4.90 Å². The molecule has 4 rings (SSSR count). The summed E-state index contributed by atoms with van der Waals surface area (Å²) in [6, 6.07) is 12.9. The molecule has 1 aliphatic heterocycles. The summed E-state index contributed by atoms with van der Waals surface area (Å²) in [6.07, 6.45) is 0. The summed E-state index contributed by atoms with van der Waals surface area (Å²) >= 11 is 1.09. The fourth-order valence-electron chi connectivity index (χ4n) is 3.01. The van der Waals surface area contributed by atoms with Crippen molar-refractivity contribution >= 4 is 33.9 Å². The molecule has 1 fully saturated rings. The quantitative estimate of drug-likeness (QED) is 0.428. The van der Waals surface area contributed by atoms with Crippen molar-refractivity contribution in [1.29, 1.82) is 0 Å². The summed E-state index contributed by atoms with van der Waals surface area (Å²) in [4.78, 5) is 26.6. The van der Waals surface area contributed by atoms with Gasteiger partial charge in [0, 0.05) is 5.56 Å². The maximum absolute atomic E-state index is 13.4. The Morgan fingerprint density at radius 3 is 2.41 bits per heavy atom. The number of hydrogen-bond acceptors (Lipinski definition) is 6. The highest BCUT2D eigenvalue weighted by molar-refractivity contribution is 7.13. The summed E-state index contributed by atoms with van der Waals surface area (Å²) in [5, 5.41) is 18.6. The number of halogens is 1. The molecule has 134 valence electrons. The van der Waals surface area contributed by atoms with Crippen molar-refractivity contribution in [1.82, 2.24) is 10.2 Å². The van der Waals surface area contributed by atoms with Gasteiger partial charge in [0.2, 0.25) is 5.13 Å². The van der Waals surface area contributed by atoms with Gasteiger partial charge in [0.1, 0.15) is 17.1 Å². The lowest BCUT2D eigenvalue weighted by Gasteiger charge is -2.22. The molecule has 1 N–H and O–H groups in total. The molecule has 1 aromatic heterocycles. The van der Waals surface area contributed by atoms with E-state index >= 15 is 0 Å². The van der Waals surface area contributed by atoms with Crippen LogP contribution in [0.1, 0.15) is 17.2 Å². The average Bonchev–Trinajstić information content (AvgIpc) is 3.30. The average molecular weight is 381 g/mol. The number of ketones is 1. The highest BCUT2D eigenvalue weighted by Gasteiger charge is 2.48. The predicted octanol–water partition coefficient (Wildman–Crippen LogP) is 3.30. The Bertz CT molecular complexity index is 1030. The SMILES string of the molecule is O=C1C(=O)N(c2nncs2)C(c2ccc(F)cc2)C1=C(O)c1ccccc1. The first-order valence-corrected chi connectivity index (χ1v) is 8.84. The van der Waals surface area contributed by atoms with Gasteiger partial charge in [-0.25, -0.2) is 4.39 Å². The summed E-state index contributed by atoms with van der Waals surface area (Å²) in [6.45, 7) is 0. The number of aliphatic hydroxyl groups is 1. The predicted molar refractivity (Wildman–Crippen MR) is 97.5 cm³/mol. The first kappa shape index (κ1) is 17.0. The van der Waals surface area contributed by atoms with E-state index in [0.717, 1.165) is 11.3 Å². The van der Waals surface area contributed by atoms with Gasteiger partial charge in [-0.05, 0) is 17.7 Å². The molecule has 1 atom stereocenters. The standard InChI is InChI=1S/C19H12FN3O3S/c20-13-8-6-11(7-9-13)15-14(16(24)12-4-2-1-3-5-12)17(25)18(26)23(15)19-22-21-10-27-19/h1-10,15,24H. The van der Waals surface area contributed by atoms with Crippen molar-refractivity contribution in [2.24, 2.45) is 0 Å². The monoisotopic (exact) mass is 381 g/mol. The lowest BCUT2D eigenvalue weighted by molar-refractivity contribution is -0.132. The van der Waals surface area contributed by atoms with Gasteiger partial charge in [0.25, 0.3) is 5.78 Å². The van der Waals surface area contributed by atoms with Gasteiger partial charge in [-0.15, -0.1) is 10.2 Å². The van der Waals surface area contributed by atoms with Crippen LogP contribution in [0.5, 0.6) is 0 Å². The highest BCUT2D eigenvalue weighted by Crippen LogP contribution is 2.42. The van der Waals surface area contributed by atoms with E-state index in [1.807, 2.05) is 0 Å². The van der Waals surface area contributed by atoms with Gasteiger partial charge < -0.3 is 5.11 Å². The third kappa shape index (κ3) is 2.89. The van der Waals surface area contributed by atoms with Crippen LogP contribution >= 0.6 is 11.3 Å². The molecule has 1 unspecified atom stereocenters. The first-order chi connectivity index (χ1) is 13.1. The summed E-state index contributed by atoms with van der Waals surface area (Å²) < 4.78 is 13.4. The van der Waals surface area contributed by atoms with E-state index in [1.165, 1.54) is 34.7 Å². The highest BCUT2D eigenvalue weighted by atomic mass is 32.1. The molecule has 27 heavy (non-hydrogen) atoms. The zero-order valence-corrected chi connectivity index (χ0v) is 14.6. The zero-order chi connectivity index (χ0) is 19.0. The maximum Gasteiger partial charge on any atom is 0.301 e. The fraction of sp³-hybridized carbons (Fsp3) is 0.0526. The normalized spacial score (nSPS) is 18.9. The number of hydrogen-bond donors (Lipinski definition) is 1. The van der Waals surface area contributed by atoms with E-state index in [2.05, 4.69) is 10.2 Å². The number of amides is 1. The molecule has 8 heteroatoms. The molecule has 1 amide bonds. The molecule has 2 heterocycles. The second kappa shape index (κ2) is 6.73. The number of benzene rings is 2.